The number of fused-ring (bicyclic) bond motifs is 3. The standard InChI is InChI=1S/C19H24O8/c1-18(2)24-12-13(25-18)15-17(27-19(3,4)26-15)23-14(12)16(20)22-11-9-7-6-8-10(11)21-5/h6-9,12-15,17H,1-5H3/t12-,13+,14-,15-,17-/m1/s1. The van der Waals surface area contributed by atoms with Crippen LogP contribution in [0.1, 0.15) is 27.7 Å². The summed E-state index contributed by atoms with van der Waals surface area (Å²) >= 11 is 0. The van der Waals surface area contributed by atoms with E-state index in [0.717, 1.165) is 0 Å². The van der Waals surface area contributed by atoms with Crippen LogP contribution < -0.4 is 9.47 Å². The summed E-state index contributed by atoms with van der Waals surface area (Å²) in [6.07, 6.45) is -3.48. The van der Waals surface area contributed by atoms with Crippen molar-refractivity contribution in [3.63, 3.8) is 0 Å². The Morgan fingerprint density at radius 2 is 1.48 bits per heavy atom. The second kappa shape index (κ2) is 6.42. The molecule has 0 saturated carbocycles. The number of benzene rings is 1. The molecule has 148 valence electrons. The molecule has 3 aliphatic heterocycles. The summed E-state index contributed by atoms with van der Waals surface area (Å²) in [5.74, 6) is -1.59. The highest BCUT2D eigenvalue weighted by Gasteiger charge is 2.62. The van der Waals surface area contributed by atoms with Crippen molar-refractivity contribution in [2.24, 2.45) is 0 Å². The number of rotatable bonds is 3. The summed E-state index contributed by atoms with van der Waals surface area (Å²) in [6, 6.07) is 6.89. The number of carbonyl (C=O) groups is 1. The number of carbonyl (C=O) groups excluding carboxylic acids is 1. The highest BCUT2D eigenvalue weighted by molar-refractivity contribution is 5.79. The van der Waals surface area contributed by atoms with Gasteiger partial charge >= 0.3 is 5.97 Å². The van der Waals surface area contributed by atoms with Crippen molar-refractivity contribution in [3.05, 3.63) is 24.3 Å². The molecule has 0 unspecified atom stereocenters. The average Bonchev–Trinajstić information content (AvgIpc) is 3.08. The molecule has 1 aromatic carbocycles. The van der Waals surface area contributed by atoms with E-state index in [1.807, 2.05) is 0 Å². The predicted molar refractivity (Wildman–Crippen MR) is 91.2 cm³/mol. The lowest BCUT2D eigenvalue weighted by Gasteiger charge is -2.35. The molecule has 0 N–H and O–H groups in total. The average molecular weight is 380 g/mol. The Morgan fingerprint density at radius 3 is 2.19 bits per heavy atom. The third-order valence-corrected chi connectivity index (χ3v) is 4.67. The molecule has 0 aromatic heterocycles. The van der Waals surface area contributed by atoms with E-state index in [-0.39, 0.29) is 0 Å². The van der Waals surface area contributed by atoms with Gasteiger partial charge in [-0.15, -0.1) is 0 Å². The zero-order chi connectivity index (χ0) is 19.4. The van der Waals surface area contributed by atoms with E-state index in [0.29, 0.717) is 11.5 Å². The number of ether oxygens (including phenoxy) is 7. The minimum absolute atomic E-state index is 0.300. The molecule has 27 heavy (non-hydrogen) atoms. The minimum Gasteiger partial charge on any atom is -0.493 e. The Labute approximate surface area is 157 Å². The Balaban J connectivity index is 1.59. The van der Waals surface area contributed by atoms with E-state index >= 15 is 0 Å². The van der Waals surface area contributed by atoms with Crippen molar-refractivity contribution >= 4 is 5.97 Å². The topological polar surface area (TPSA) is 81.7 Å². The van der Waals surface area contributed by atoms with Gasteiger partial charge in [0.1, 0.15) is 18.3 Å². The zero-order valence-corrected chi connectivity index (χ0v) is 16.0. The summed E-state index contributed by atoms with van der Waals surface area (Å²) in [5, 5.41) is 0. The van der Waals surface area contributed by atoms with Crippen LogP contribution >= 0.6 is 0 Å². The molecule has 8 heteroatoms. The van der Waals surface area contributed by atoms with Crippen LogP contribution in [0.25, 0.3) is 0 Å². The predicted octanol–water partition coefficient (Wildman–Crippen LogP) is 2.00. The molecule has 8 nitrogen and oxygen atoms in total. The first-order valence-electron chi connectivity index (χ1n) is 8.90. The second-order valence-electron chi connectivity index (χ2n) is 7.66. The third-order valence-electron chi connectivity index (χ3n) is 4.67. The summed E-state index contributed by atoms with van der Waals surface area (Å²) < 4.78 is 40.3. The maximum absolute atomic E-state index is 12.9. The summed E-state index contributed by atoms with van der Waals surface area (Å²) in [4.78, 5) is 12.9. The monoisotopic (exact) mass is 380 g/mol. The number of para-hydroxylation sites is 2. The van der Waals surface area contributed by atoms with Gasteiger partial charge in [-0.2, -0.15) is 0 Å². The summed E-state index contributed by atoms with van der Waals surface area (Å²) in [5.41, 5.74) is 0. The van der Waals surface area contributed by atoms with Gasteiger partial charge in [0.25, 0.3) is 0 Å². The first kappa shape index (κ1) is 18.6. The molecule has 4 rings (SSSR count). The Hall–Kier alpha value is -1.71. The van der Waals surface area contributed by atoms with E-state index in [4.69, 9.17) is 33.2 Å². The maximum atomic E-state index is 12.9. The molecular weight excluding hydrogens is 356 g/mol. The van der Waals surface area contributed by atoms with Crippen LogP contribution in [0.5, 0.6) is 11.5 Å². The fourth-order valence-corrected chi connectivity index (χ4v) is 3.67. The van der Waals surface area contributed by atoms with Crippen LogP contribution in [0, 0.1) is 0 Å². The fraction of sp³-hybridized carbons (Fsp3) is 0.632. The Morgan fingerprint density at radius 1 is 0.889 bits per heavy atom. The number of esters is 1. The van der Waals surface area contributed by atoms with Crippen molar-refractivity contribution in [1.82, 2.24) is 0 Å². The van der Waals surface area contributed by atoms with Crippen LogP contribution in [0.2, 0.25) is 0 Å². The summed E-state index contributed by atoms with van der Waals surface area (Å²) in [6.45, 7) is 7.13. The van der Waals surface area contributed by atoms with Crippen LogP contribution in [0.4, 0.5) is 0 Å². The van der Waals surface area contributed by atoms with Gasteiger partial charge in [-0.3, -0.25) is 0 Å². The maximum Gasteiger partial charge on any atom is 0.343 e. The van der Waals surface area contributed by atoms with Crippen LogP contribution in [0.3, 0.4) is 0 Å². The van der Waals surface area contributed by atoms with Gasteiger partial charge < -0.3 is 33.2 Å². The van der Waals surface area contributed by atoms with Crippen molar-refractivity contribution in [2.45, 2.75) is 70.0 Å². The molecular formula is C19H24O8. The van der Waals surface area contributed by atoms with Gasteiger partial charge in [0.05, 0.1) is 7.11 Å². The Kier molecular flexibility index (Phi) is 4.44. The van der Waals surface area contributed by atoms with Gasteiger partial charge in [0.15, 0.2) is 35.5 Å². The molecule has 0 bridgehead atoms. The van der Waals surface area contributed by atoms with Gasteiger partial charge in [0, 0.05) is 0 Å². The van der Waals surface area contributed by atoms with E-state index in [1.165, 1.54) is 7.11 Å². The third kappa shape index (κ3) is 3.43. The molecule has 5 atom stereocenters. The molecule has 3 fully saturated rings. The molecule has 3 saturated heterocycles. The van der Waals surface area contributed by atoms with E-state index in [9.17, 15) is 4.79 Å². The normalized spacial score (nSPS) is 36.0. The molecule has 3 aliphatic rings. The largest absolute Gasteiger partial charge is 0.493 e. The van der Waals surface area contributed by atoms with Crippen LogP contribution in [-0.2, 0) is 28.5 Å². The minimum atomic E-state index is -1.03. The van der Waals surface area contributed by atoms with Crippen molar-refractivity contribution in [1.29, 1.82) is 0 Å². The molecule has 1 aromatic rings. The fourth-order valence-electron chi connectivity index (χ4n) is 3.67. The number of hydrogen-bond acceptors (Lipinski definition) is 8. The molecule has 0 spiro atoms. The Bertz CT molecular complexity index is 730. The lowest BCUT2D eigenvalue weighted by Crippen LogP contribution is -2.58. The van der Waals surface area contributed by atoms with Crippen LogP contribution in [0.15, 0.2) is 24.3 Å². The lowest BCUT2D eigenvalue weighted by molar-refractivity contribution is -0.236. The van der Waals surface area contributed by atoms with Crippen molar-refractivity contribution in [2.75, 3.05) is 7.11 Å². The molecule has 0 radical (unpaired) electrons. The summed E-state index contributed by atoms with van der Waals surface area (Å²) in [7, 11) is 1.51. The first-order chi connectivity index (χ1) is 12.7. The SMILES string of the molecule is COc1ccccc1OC(=O)[C@@H]1O[C@@H]2OC(C)(C)O[C@@H]2[C@H]2OC(C)(C)O[C@H]21. The highest BCUT2D eigenvalue weighted by atomic mass is 16.9. The van der Waals surface area contributed by atoms with Crippen molar-refractivity contribution < 1.29 is 38.0 Å². The first-order valence-corrected chi connectivity index (χ1v) is 8.90. The van der Waals surface area contributed by atoms with E-state index in [1.54, 1.807) is 52.0 Å². The van der Waals surface area contributed by atoms with Crippen LogP contribution in [-0.4, -0.2) is 55.4 Å². The zero-order valence-electron chi connectivity index (χ0n) is 16.0. The van der Waals surface area contributed by atoms with Gasteiger partial charge in [-0.1, -0.05) is 12.1 Å². The molecule has 0 amide bonds. The number of hydrogen-bond donors (Lipinski definition) is 0. The smallest absolute Gasteiger partial charge is 0.343 e. The second-order valence-corrected chi connectivity index (χ2v) is 7.66. The van der Waals surface area contributed by atoms with Gasteiger partial charge in [0.2, 0.25) is 0 Å². The molecule has 0 aliphatic carbocycles. The van der Waals surface area contributed by atoms with E-state index < -0.39 is 48.2 Å². The molecule has 3 heterocycles. The quantitative estimate of drug-likeness (QED) is 0.582. The number of methoxy groups -OCH3 is 1. The van der Waals surface area contributed by atoms with Gasteiger partial charge in [-0.25, -0.2) is 4.79 Å². The lowest BCUT2D eigenvalue weighted by atomic mass is 9.99. The van der Waals surface area contributed by atoms with Gasteiger partial charge in [-0.05, 0) is 39.8 Å². The van der Waals surface area contributed by atoms with Crippen molar-refractivity contribution in [3.8, 4) is 11.5 Å². The highest BCUT2D eigenvalue weighted by Crippen LogP contribution is 2.44. The van der Waals surface area contributed by atoms with E-state index in [2.05, 4.69) is 0 Å².